The highest BCUT2D eigenvalue weighted by Gasteiger charge is 2.89. The van der Waals surface area contributed by atoms with Crippen LogP contribution in [0.25, 0.3) is 0 Å². The Labute approximate surface area is 195 Å². The summed E-state index contributed by atoms with van der Waals surface area (Å²) in [6.45, 7) is 3.31. The molecular weight excluding hydrogens is 469 g/mol. The van der Waals surface area contributed by atoms with Crippen molar-refractivity contribution in [2.75, 3.05) is 6.61 Å². The second kappa shape index (κ2) is 8.39. The number of nitrogens with two attached hydrogens (primary N) is 1. The molecule has 4 aliphatic rings. The lowest BCUT2D eigenvalue weighted by Crippen LogP contribution is -2.57. The Morgan fingerprint density at radius 3 is 2.76 bits per heavy atom. The molecule has 1 spiro atoms. The summed E-state index contributed by atoms with van der Waals surface area (Å²) in [6, 6.07) is 1.18. The van der Waals surface area contributed by atoms with Gasteiger partial charge in [0, 0.05) is 12.3 Å². The zero-order valence-corrected chi connectivity index (χ0v) is 20.0. The molecule has 3 N–H and O–H groups in total. The first-order chi connectivity index (χ1) is 16.1. The molecule has 12 nitrogen and oxygen atoms in total. The largest absolute Gasteiger partial charge is 0.476 e. The van der Waals surface area contributed by atoms with Crippen molar-refractivity contribution in [1.29, 1.82) is 0 Å². The predicted molar refractivity (Wildman–Crippen MR) is 117 cm³/mol. The lowest BCUT2D eigenvalue weighted by molar-refractivity contribution is -0.155. The van der Waals surface area contributed by atoms with E-state index in [1.807, 2.05) is 0 Å². The molecule has 0 aromatic carbocycles. The molecule has 34 heavy (non-hydrogen) atoms. The summed E-state index contributed by atoms with van der Waals surface area (Å²) in [5.41, 5.74) is 2.73. The van der Waals surface area contributed by atoms with E-state index < -0.39 is 54.6 Å². The quantitative estimate of drug-likeness (QED) is 0.414. The molecule has 2 saturated heterocycles. The third-order valence-corrected chi connectivity index (χ3v) is 8.80. The summed E-state index contributed by atoms with van der Waals surface area (Å²) in [4.78, 5) is 38.1. The van der Waals surface area contributed by atoms with E-state index in [1.165, 1.54) is 18.7 Å². The van der Waals surface area contributed by atoms with Crippen LogP contribution in [0.2, 0.25) is 0 Å². The molecule has 0 radical (unpaired) electrons. The van der Waals surface area contributed by atoms with Gasteiger partial charge in [-0.2, -0.15) is 0 Å². The van der Waals surface area contributed by atoms with Gasteiger partial charge in [0.15, 0.2) is 11.8 Å². The van der Waals surface area contributed by atoms with E-state index in [1.54, 1.807) is 13.8 Å². The molecule has 13 heteroatoms. The highest BCUT2D eigenvalue weighted by atomic mass is 31.2. The van der Waals surface area contributed by atoms with Gasteiger partial charge < -0.3 is 15.2 Å². The van der Waals surface area contributed by atoms with Crippen LogP contribution in [-0.4, -0.2) is 51.6 Å². The van der Waals surface area contributed by atoms with E-state index >= 15 is 0 Å². The number of phosphoric ester groups is 1. The summed E-state index contributed by atoms with van der Waals surface area (Å²) in [5.74, 6) is -0.723. The maximum atomic E-state index is 13.1. The van der Waals surface area contributed by atoms with Crippen LogP contribution in [0, 0.1) is 5.92 Å². The number of ether oxygens (including phenoxy) is 2. The van der Waals surface area contributed by atoms with Gasteiger partial charge in [0.1, 0.15) is 18.3 Å². The monoisotopic (exact) mass is 499 g/mol. The average Bonchev–Trinajstić information content (AvgIpc) is 3.10. The number of carbonyl (C=O) groups excluding carboxylic acids is 1. The third kappa shape index (κ3) is 3.81. The number of hydrogen-bond donors (Lipinski definition) is 2. The summed E-state index contributed by atoms with van der Waals surface area (Å²) in [7, 11) is -3.95. The van der Waals surface area contributed by atoms with E-state index in [0.717, 1.165) is 30.3 Å². The fourth-order valence-electron chi connectivity index (χ4n) is 5.19. The number of fused-ring (bicyclic) bond motifs is 1. The highest BCUT2D eigenvalue weighted by Crippen LogP contribution is 2.77. The minimum Gasteiger partial charge on any atom is -0.462 e. The number of carbonyl (C=O) groups is 1. The van der Waals surface area contributed by atoms with Crippen molar-refractivity contribution in [2.24, 2.45) is 11.7 Å². The van der Waals surface area contributed by atoms with Crippen LogP contribution in [-0.2, 0) is 32.4 Å². The fourth-order valence-corrected chi connectivity index (χ4v) is 7.00. The van der Waals surface area contributed by atoms with Crippen molar-refractivity contribution in [1.82, 2.24) is 9.55 Å². The summed E-state index contributed by atoms with van der Waals surface area (Å²) in [5, 5.41) is 0. The number of esters is 1. The molecule has 2 aliphatic heterocycles. The Kier molecular flexibility index (Phi) is 5.90. The zero-order valence-electron chi connectivity index (χ0n) is 19.1. The number of aromatic amines is 1. The molecule has 1 aromatic heterocycles. The number of phosphoric acid groups is 1. The predicted octanol–water partition coefficient (Wildman–Crippen LogP) is 1.35. The fraction of sp³-hybridized carbons (Fsp3) is 0.762. The smallest absolute Gasteiger partial charge is 0.462 e. The normalized spacial score (nSPS) is 39.9. The van der Waals surface area contributed by atoms with Crippen molar-refractivity contribution in [3.63, 3.8) is 0 Å². The highest BCUT2D eigenvalue weighted by molar-refractivity contribution is 7.48. The molecule has 2 saturated carbocycles. The number of rotatable bonds is 7. The second-order valence-corrected chi connectivity index (χ2v) is 11.3. The average molecular weight is 499 g/mol. The molecule has 0 amide bonds. The van der Waals surface area contributed by atoms with E-state index in [0.29, 0.717) is 0 Å². The van der Waals surface area contributed by atoms with Gasteiger partial charge in [-0.05, 0) is 39.0 Å². The minimum atomic E-state index is -3.95. The Morgan fingerprint density at radius 2 is 2.06 bits per heavy atom. The Hall–Kier alpha value is -1.82. The summed E-state index contributed by atoms with van der Waals surface area (Å²) in [6.07, 6.45) is 4.32. The third-order valence-electron chi connectivity index (χ3n) is 7.29. The van der Waals surface area contributed by atoms with Crippen molar-refractivity contribution in [2.45, 2.75) is 88.1 Å². The molecule has 5 rings (SSSR count). The van der Waals surface area contributed by atoms with Gasteiger partial charge >= 0.3 is 19.5 Å². The van der Waals surface area contributed by atoms with E-state index in [9.17, 15) is 18.9 Å². The maximum Gasteiger partial charge on any atom is 0.476 e. The standard InChI is InChI=1S/C21H30N3O9P/c1-12(17(26)30-13-6-4-3-5-7-13)9-11-29-34(28)32-16-15-21(16,33-34)20(2,22)18(31-15)24-10-8-14(25)23-19(24)27/h8,10,12-13,15-16,18H,3-7,9,11,22H2,1-2H3,(H,23,25,27)/t12?,15-,16?,18-,20+,21+,34+/m1/s1. The molecule has 2 unspecified atom stereocenters. The Balaban J connectivity index is 1.18. The number of H-pyrrole nitrogens is 1. The number of nitrogens with one attached hydrogen (secondary N) is 1. The molecule has 4 fully saturated rings. The first-order valence-corrected chi connectivity index (χ1v) is 13.1. The zero-order chi connectivity index (χ0) is 24.3. The molecule has 2 aliphatic carbocycles. The second-order valence-electron chi connectivity index (χ2n) is 9.79. The molecule has 0 bridgehead atoms. The lowest BCUT2D eigenvalue weighted by atomic mass is 9.92. The van der Waals surface area contributed by atoms with Gasteiger partial charge in [-0.15, -0.1) is 0 Å². The van der Waals surface area contributed by atoms with Gasteiger partial charge in [0.05, 0.1) is 18.1 Å². The number of aromatic nitrogens is 2. The van der Waals surface area contributed by atoms with Crippen LogP contribution in [0.5, 0.6) is 0 Å². The maximum absolute atomic E-state index is 13.1. The van der Waals surface area contributed by atoms with Crippen molar-refractivity contribution >= 4 is 13.8 Å². The van der Waals surface area contributed by atoms with E-state index in [4.69, 9.17) is 28.8 Å². The molecule has 1 aromatic rings. The van der Waals surface area contributed by atoms with Crippen LogP contribution in [0.4, 0.5) is 0 Å². The van der Waals surface area contributed by atoms with Gasteiger partial charge in [-0.1, -0.05) is 13.3 Å². The van der Waals surface area contributed by atoms with Crippen molar-refractivity contribution < 1.29 is 32.4 Å². The van der Waals surface area contributed by atoms with Crippen LogP contribution in [0.1, 0.15) is 58.6 Å². The van der Waals surface area contributed by atoms with Crippen LogP contribution in [0.3, 0.4) is 0 Å². The Morgan fingerprint density at radius 1 is 1.32 bits per heavy atom. The Bertz CT molecular complexity index is 1130. The summed E-state index contributed by atoms with van der Waals surface area (Å²) >= 11 is 0. The van der Waals surface area contributed by atoms with Gasteiger partial charge in [-0.25, -0.2) is 9.36 Å². The van der Waals surface area contributed by atoms with Gasteiger partial charge in [-0.3, -0.25) is 32.7 Å². The van der Waals surface area contributed by atoms with Crippen molar-refractivity contribution in [3.05, 3.63) is 33.1 Å². The SMILES string of the molecule is CC(CCO[P@@]1(=O)OC2[C@H]3O[C@@H](n4ccc(=O)[nH]c4=O)[C@](C)(N)[C@@]23O1)C(=O)OC1CCCCC1. The van der Waals surface area contributed by atoms with Crippen LogP contribution >= 0.6 is 7.82 Å². The molecule has 7 atom stereocenters. The number of hydrogen-bond acceptors (Lipinski definition) is 10. The topological polar surface area (TPSA) is 161 Å². The van der Waals surface area contributed by atoms with E-state index in [-0.39, 0.29) is 25.1 Å². The van der Waals surface area contributed by atoms with Crippen molar-refractivity contribution in [3.8, 4) is 0 Å². The molecule has 3 heterocycles. The van der Waals surface area contributed by atoms with Crippen LogP contribution in [0.15, 0.2) is 21.9 Å². The van der Waals surface area contributed by atoms with Gasteiger partial charge in [0.2, 0.25) is 0 Å². The first-order valence-electron chi connectivity index (χ1n) is 11.7. The van der Waals surface area contributed by atoms with E-state index in [2.05, 4.69) is 4.98 Å². The number of nitrogens with zero attached hydrogens (tertiary/aromatic N) is 1. The minimum absolute atomic E-state index is 0.0277. The summed E-state index contributed by atoms with van der Waals surface area (Å²) < 4.78 is 42.5. The van der Waals surface area contributed by atoms with Gasteiger partial charge in [0.25, 0.3) is 5.56 Å². The lowest BCUT2D eigenvalue weighted by Gasteiger charge is -2.33. The first kappa shape index (κ1) is 23.9. The molecular formula is C21H30N3O9P. The van der Waals surface area contributed by atoms with Crippen LogP contribution < -0.4 is 17.0 Å². The molecule has 188 valence electrons.